The number of fused-ring (bicyclic) bond motifs is 1. The van der Waals surface area contributed by atoms with Gasteiger partial charge in [0.2, 0.25) is 5.82 Å². The smallest absolute Gasteiger partial charge is 0.262 e. The standard InChI is InChI=1S/C13H14N6O2/c14-4-10-9(5-15-17-10)13-16-12(18-21-13)11-6-19-3-1-2-8(19)7-20-11/h5,8,11H,1-3,6-7H2,(H,15,17). The van der Waals surface area contributed by atoms with E-state index >= 15 is 0 Å². The fourth-order valence-electron chi connectivity index (χ4n) is 2.98. The van der Waals surface area contributed by atoms with Crippen molar-refractivity contribution in [3.05, 3.63) is 17.7 Å². The molecule has 2 aromatic rings. The van der Waals surface area contributed by atoms with E-state index < -0.39 is 0 Å². The number of nitrogens with zero attached hydrogens (tertiary/aromatic N) is 5. The number of aromatic nitrogens is 4. The summed E-state index contributed by atoms with van der Waals surface area (Å²) in [4.78, 5) is 6.78. The van der Waals surface area contributed by atoms with Crippen molar-refractivity contribution in [1.29, 1.82) is 5.26 Å². The molecule has 4 rings (SSSR count). The zero-order chi connectivity index (χ0) is 14.2. The Hall–Kier alpha value is -2.24. The highest BCUT2D eigenvalue weighted by Gasteiger charge is 2.35. The molecule has 2 fully saturated rings. The van der Waals surface area contributed by atoms with Gasteiger partial charge in [-0.15, -0.1) is 0 Å². The van der Waals surface area contributed by atoms with Gasteiger partial charge < -0.3 is 9.26 Å². The van der Waals surface area contributed by atoms with Crippen LogP contribution in [-0.2, 0) is 4.74 Å². The zero-order valence-corrected chi connectivity index (χ0v) is 11.3. The van der Waals surface area contributed by atoms with E-state index in [1.54, 1.807) is 0 Å². The molecule has 0 saturated carbocycles. The molecule has 0 aromatic carbocycles. The molecule has 0 amide bonds. The predicted molar refractivity (Wildman–Crippen MR) is 69.9 cm³/mol. The number of aromatic amines is 1. The van der Waals surface area contributed by atoms with Crippen LogP contribution in [0.25, 0.3) is 11.5 Å². The molecule has 1 N–H and O–H groups in total. The number of rotatable bonds is 2. The monoisotopic (exact) mass is 286 g/mol. The van der Waals surface area contributed by atoms with Crippen molar-refractivity contribution in [3.8, 4) is 17.5 Å². The molecule has 0 bridgehead atoms. The summed E-state index contributed by atoms with van der Waals surface area (Å²) < 4.78 is 11.1. The highest BCUT2D eigenvalue weighted by molar-refractivity contribution is 5.59. The number of ether oxygens (including phenoxy) is 1. The molecule has 0 aliphatic carbocycles. The van der Waals surface area contributed by atoms with E-state index in [-0.39, 0.29) is 6.10 Å². The van der Waals surface area contributed by atoms with Crippen LogP contribution in [0.15, 0.2) is 10.7 Å². The van der Waals surface area contributed by atoms with Gasteiger partial charge in [-0.2, -0.15) is 15.3 Å². The quantitative estimate of drug-likeness (QED) is 0.873. The Morgan fingerprint density at radius 1 is 1.48 bits per heavy atom. The van der Waals surface area contributed by atoms with E-state index in [9.17, 15) is 0 Å². The number of hydrogen-bond donors (Lipinski definition) is 1. The van der Waals surface area contributed by atoms with Crippen LogP contribution in [-0.4, -0.2) is 51.0 Å². The third kappa shape index (κ3) is 2.11. The lowest BCUT2D eigenvalue weighted by atomic mass is 10.2. The second-order valence-electron chi connectivity index (χ2n) is 5.34. The minimum atomic E-state index is -0.172. The average molecular weight is 286 g/mol. The van der Waals surface area contributed by atoms with Gasteiger partial charge in [-0.25, -0.2) is 0 Å². The lowest BCUT2D eigenvalue weighted by Gasteiger charge is -2.33. The van der Waals surface area contributed by atoms with Crippen molar-refractivity contribution in [1.82, 2.24) is 25.2 Å². The van der Waals surface area contributed by atoms with Gasteiger partial charge in [-0.05, 0) is 19.4 Å². The van der Waals surface area contributed by atoms with Gasteiger partial charge in [-0.3, -0.25) is 10.00 Å². The molecule has 108 valence electrons. The molecule has 2 unspecified atom stereocenters. The fraction of sp³-hybridized carbons (Fsp3) is 0.538. The summed E-state index contributed by atoms with van der Waals surface area (Å²) in [6, 6.07) is 2.54. The van der Waals surface area contributed by atoms with Crippen molar-refractivity contribution >= 4 is 0 Å². The first kappa shape index (κ1) is 12.5. The number of H-pyrrole nitrogens is 1. The first-order chi connectivity index (χ1) is 10.3. The first-order valence-corrected chi connectivity index (χ1v) is 6.98. The molecule has 2 aromatic heterocycles. The van der Waals surface area contributed by atoms with Gasteiger partial charge in [0, 0.05) is 12.6 Å². The van der Waals surface area contributed by atoms with Crippen molar-refractivity contribution in [2.24, 2.45) is 0 Å². The van der Waals surface area contributed by atoms with E-state index in [1.807, 2.05) is 6.07 Å². The van der Waals surface area contributed by atoms with E-state index in [2.05, 4.69) is 25.2 Å². The van der Waals surface area contributed by atoms with E-state index in [4.69, 9.17) is 14.5 Å². The number of nitriles is 1. The summed E-state index contributed by atoms with van der Waals surface area (Å²) in [6.07, 6.45) is 3.76. The van der Waals surface area contributed by atoms with Gasteiger partial charge in [0.05, 0.1) is 18.4 Å². The second-order valence-corrected chi connectivity index (χ2v) is 5.34. The molecule has 21 heavy (non-hydrogen) atoms. The number of hydrogen-bond acceptors (Lipinski definition) is 7. The van der Waals surface area contributed by atoms with Crippen LogP contribution in [0.3, 0.4) is 0 Å². The minimum absolute atomic E-state index is 0.172. The maximum absolute atomic E-state index is 8.98. The summed E-state index contributed by atoms with van der Waals surface area (Å²) >= 11 is 0. The highest BCUT2D eigenvalue weighted by Crippen LogP contribution is 2.30. The maximum atomic E-state index is 8.98. The minimum Gasteiger partial charge on any atom is -0.367 e. The summed E-state index contributed by atoms with van der Waals surface area (Å²) in [5, 5.41) is 19.4. The molecule has 0 spiro atoms. The molecular weight excluding hydrogens is 272 g/mol. The van der Waals surface area contributed by atoms with E-state index in [1.165, 1.54) is 19.0 Å². The van der Waals surface area contributed by atoms with Crippen molar-refractivity contribution < 1.29 is 9.26 Å². The van der Waals surface area contributed by atoms with Gasteiger partial charge in [-0.1, -0.05) is 5.16 Å². The predicted octanol–water partition coefficient (Wildman–Crippen LogP) is 0.867. The molecule has 8 nitrogen and oxygen atoms in total. The van der Waals surface area contributed by atoms with Crippen molar-refractivity contribution in [2.75, 3.05) is 19.7 Å². The van der Waals surface area contributed by atoms with E-state index in [0.29, 0.717) is 35.6 Å². The summed E-state index contributed by atoms with van der Waals surface area (Å²) in [5.74, 6) is 0.822. The molecule has 2 aliphatic heterocycles. The van der Waals surface area contributed by atoms with Crippen LogP contribution in [0.4, 0.5) is 0 Å². The lowest BCUT2D eigenvalue weighted by molar-refractivity contribution is -0.0548. The third-order valence-corrected chi connectivity index (χ3v) is 4.10. The third-order valence-electron chi connectivity index (χ3n) is 4.10. The van der Waals surface area contributed by atoms with Gasteiger partial charge in [0.25, 0.3) is 5.89 Å². The van der Waals surface area contributed by atoms with Crippen LogP contribution in [0.5, 0.6) is 0 Å². The zero-order valence-electron chi connectivity index (χ0n) is 11.3. The summed E-state index contributed by atoms with van der Waals surface area (Å²) in [7, 11) is 0. The average Bonchev–Trinajstić information content (AvgIpc) is 3.24. The molecule has 2 aliphatic rings. The molecule has 2 saturated heterocycles. The Labute approximate surface area is 120 Å². The Balaban J connectivity index is 1.56. The number of nitrogens with one attached hydrogen (secondary N) is 1. The Kier molecular flexibility index (Phi) is 2.94. The Bertz CT molecular complexity index is 687. The second kappa shape index (κ2) is 4.95. The van der Waals surface area contributed by atoms with Gasteiger partial charge in [0.15, 0.2) is 0 Å². The van der Waals surface area contributed by atoms with Crippen LogP contribution < -0.4 is 0 Å². The lowest BCUT2D eigenvalue weighted by Crippen LogP contribution is -2.42. The van der Waals surface area contributed by atoms with Crippen LogP contribution in [0, 0.1) is 11.3 Å². The molecule has 8 heteroatoms. The van der Waals surface area contributed by atoms with Gasteiger partial charge >= 0.3 is 0 Å². The maximum Gasteiger partial charge on any atom is 0.262 e. The largest absolute Gasteiger partial charge is 0.367 e. The Morgan fingerprint density at radius 2 is 2.43 bits per heavy atom. The molecule has 4 heterocycles. The van der Waals surface area contributed by atoms with Crippen LogP contribution in [0.2, 0.25) is 0 Å². The molecule has 0 radical (unpaired) electrons. The highest BCUT2D eigenvalue weighted by atomic mass is 16.5. The molecular formula is C13H14N6O2. The van der Waals surface area contributed by atoms with E-state index in [0.717, 1.165) is 13.1 Å². The summed E-state index contributed by atoms with van der Waals surface area (Å²) in [5.41, 5.74) is 0.834. The molecule has 2 atom stereocenters. The van der Waals surface area contributed by atoms with Crippen molar-refractivity contribution in [2.45, 2.75) is 25.0 Å². The topological polar surface area (TPSA) is 104 Å². The van der Waals surface area contributed by atoms with Crippen LogP contribution >= 0.6 is 0 Å². The Morgan fingerprint density at radius 3 is 3.33 bits per heavy atom. The van der Waals surface area contributed by atoms with Crippen LogP contribution in [0.1, 0.15) is 30.5 Å². The normalized spacial score (nSPS) is 25.7. The van der Waals surface area contributed by atoms with Crippen molar-refractivity contribution in [3.63, 3.8) is 0 Å². The first-order valence-electron chi connectivity index (χ1n) is 6.98. The SMILES string of the molecule is N#Cc1[nH]ncc1-c1nc(C2CN3CCCC3CO2)no1. The fourth-order valence-corrected chi connectivity index (χ4v) is 2.98. The number of morpholine rings is 1. The summed E-state index contributed by atoms with van der Waals surface area (Å²) in [6.45, 7) is 2.61. The van der Waals surface area contributed by atoms with Gasteiger partial charge in [0.1, 0.15) is 17.9 Å².